The van der Waals surface area contributed by atoms with Crippen molar-refractivity contribution >= 4 is 12.0 Å². The monoisotopic (exact) mass is 521 g/mol. The zero-order valence-corrected chi connectivity index (χ0v) is 23.2. The highest BCUT2D eigenvalue weighted by molar-refractivity contribution is 5.94. The number of benzene rings is 2. The first-order valence-electron chi connectivity index (χ1n) is 14.1. The molecule has 2 heterocycles. The summed E-state index contributed by atoms with van der Waals surface area (Å²) in [6.07, 6.45) is 5.37. The Morgan fingerprint density at radius 1 is 0.842 bits per heavy atom. The molecule has 2 aliphatic rings. The van der Waals surface area contributed by atoms with Gasteiger partial charge in [0, 0.05) is 25.2 Å². The third-order valence-electron chi connectivity index (χ3n) is 7.52. The van der Waals surface area contributed by atoms with Crippen LogP contribution >= 0.6 is 0 Å². The minimum absolute atomic E-state index is 0.0484. The number of nitrogens with zero attached hydrogens (tertiary/aromatic N) is 2. The molecule has 0 aliphatic carbocycles. The number of ether oxygens (including phenoxy) is 2. The third-order valence-corrected chi connectivity index (χ3v) is 7.52. The Kier molecular flexibility index (Phi) is 9.67. The maximum Gasteiger partial charge on any atom is 0.410 e. The normalized spacial score (nSPS) is 17.7. The van der Waals surface area contributed by atoms with Gasteiger partial charge in [0.1, 0.15) is 17.1 Å². The first-order valence-corrected chi connectivity index (χ1v) is 14.1. The molecule has 0 unspecified atom stereocenters. The lowest BCUT2D eigenvalue weighted by Gasteiger charge is -2.40. The van der Waals surface area contributed by atoms with Crippen molar-refractivity contribution in [3.05, 3.63) is 60.2 Å². The van der Waals surface area contributed by atoms with Gasteiger partial charge in [-0.3, -0.25) is 4.79 Å². The minimum atomic E-state index is -0.437. The maximum absolute atomic E-state index is 12.5. The Labute approximate surface area is 227 Å². The van der Waals surface area contributed by atoms with Crippen LogP contribution in [0.2, 0.25) is 0 Å². The molecule has 7 nitrogen and oxygen atoms in total. The first-order chi connectivity index (χ1) is 18.3. The van der Waals surface area contributed by atoms with E-state index in [0.717, 1.165) is 63.7 Å². The summed E-state index contributed by atoms with van der Waals surface area (Å²) in [6.45, 7) is 11.3. The van der Waals surface area contributed by atoms with Gasteiger partial charge < -0.3 is 24.6 Å². The van der Waals surface area contributed by atoms with Crippen LogP contribution in [0.25, 0.3) is 0 Å². The molecule has 2 aliphatic heterocycles. The van der Waals surface area contributed by atoms with Crippen LogP contribution in [0.4, 0.5) is 4.79 Å². The van der Waals surface area contributed by atoms with Crippen molar-refractivity contribution < 1.29 is 19.1 Å². The van der Waals surface area contributed by atoms with Gasteiger partial charge in [0.25, 0.3) is 5.91 Å². The van der Waals surface area contributed by atoms with E-state index in [4.69, 9.17) is 9.47 Å². The van der Waals surface area contributed by atoms with Gasteiger partial charge >= 0.3 is 6.09 Å². The van der Waals surface area contributed by atoms with Crippen molar-refractivity contribution in [2.45, 2.75) is 58.5 Å². The molecular formula is C31H43N3O4. The number of hydrogen-bond donors (Lipinski definition) is 1. The number of amides is 2. The van der Waals surface area contributed by atoms with E-state index in [1.807, 2.05) is 68.1 Å². The van der Waals surface area contributed by atoms with Crippen molar-refractivity contribution in [3.63, 3.8) is 0 Å². The Balaban J connectivity index is 1.09. The van der Waals surface area contributed by atoms with E-state index >= 15 is 0 Å². The fourth-order valence-corrected chi connectivity index (χ4v) is 5.43. The Morgan fingerprint density at radius 2 is 1.42 bits per heavy atom. The molecule has 2 amide bonds. The van der Waals surface area contributed by atoms with Crippen LogP contribution in [0.5, 0.6) is 11.5 Å². The summed E-state index contributed by atoms with van der Waals surface area (Å²) in [5.41, 5.74) is 0.205. The van der Waals surface area contributed by atoms with Gasteiger partial charge in [-0.15, -0.1) is 0 Å². The van der Waals surface area contributed by atoms with E-state index in [2.05, 4.69) is 10.2 Å². The summed E-state index contributed by atoms with van der Waals surface area (Å²) in [5.74, 6) is 2.90. The molecule has 1 N–H and O–H groups in total. The Hall–Kier alpha value is -3.06. The lowest BCUT2D eigenvalue weighted by Crippen LogP contribution is -2.44. The van der Waals surface area contributed by atoms with E-state index < -0.39 is 5.60 Å². The highest BCUT2D eigenvalue weighted by Crippen LogP contribution is 2.33. The average molecular weight is 522 g/mol. The number of piperidine rings is 2. The topological polar surface area (TPSA) is 71.1 Å². The van der Waals surface area contributed by atoms with Crippen molar-refractivity contribution in [2.24, 2.45) is 11.8 Å². The predicted molar refractivity (Wildman–Crippen MR) is 150 cm³/mol. The van der Waals surface area contributed by atoms with Crippen LogP contribution in [0.15, 0.2) is 54.6 Å². The number of rotatable bonds is 8. The quantitative estimate of drug-likeness (QED) is 0.434. The van der Waals surface area contributed by atoms with Crippen molar-refractivity contribution in [2.75, 3.05) is 39.3 Å². The summed E-state index contributed by atoms with van der Waals surface area (Å²) >= 11 is 0. The summed E-state index contributed by atoms with van der Waals surface area (Å²) < 4.78 is 11.3. The summed E-state index contributed by atoms with van der Waals surface area (Å²) in [6, 6.07) is 16.9. The maximum atomic E-state index is 12.5. The van der Waals surface area contributed by atoms with Gasteiger partial charge in [0.15, 0.2) is 0 Å². The molecule has 7 heteroatoms. The van der Waals surface area contributed by atoms with Gasteiger partial charge in [0.05, 0.1) is 0 Å². The molecule has 2 aromatic carbocycles. The molecule has 0 bridgehead atoms. The zero-order chi connectivity index (χ0) is 27.0. The number of nitrogens with one attached hydrogen (secondary N) is 1. The number of carbonyl (C=O) groups excluding carboxylic acids is 2. The second-order valence-electron chi connectivity index (χ2n) is 11.5. The molecule has 0 atom stereocenters. The second kappa shape index (κ2) is 13.1. The molecule has 0 aromatic heterocycles. The smallest absolute Gasteiger partial charge is 0.410 e. The van der Waals surface area contributed by atoms with E-state index in [-0.39, 0.29) is 12.0 Å². The standard InChI is InChI=1S/C31H43N3O4/c1-31(2,3)38-30(36)34-22-16-25(17-23-34)24-14-20-33(21-15-24)19-7-18-32-29(35)26-10-12-28(13-11-26)37-27-8-5-4-6-9-27/h4-6,8-13,24-25H,7,14-23H2,1-3H3,(H,32,35). The van der Waals surface area contributed by atoms with E-state index in [1.165, 1.54) is 12.8 Å². The summed E-state index contributed by atoms with van der Waals surface area (Å²) in [5, 5.41) is 3.05. The number of hydrogen-bond acceptors (Lipinski definition) is 5. The second-order valence-corrected chi connectivity index (χ2v) is 11.5. The number of carbonyl (C=O) groups is 2. The Morgan fingerprint density at radius 3 is 2.03 bits per heavy atom. The first kappa shape index (κ1) is 28.0. The zero-order valence-electron chi connectivity index (χ0n) is 23.2. The third kappa shape index (κ3) is 8.48. The van der Waals surface area contributed by atoms with Crippen LogP contribution in [0, 0.1) is 11.8 Å². The molecule has 2 fully saturated rings. The van der Waals surface area contributed by atoms with Crippen molar-refractivity contribution in [1.29, 1.82) is 0 Å². The summed E-state index contributed by atoms with van der Waals surface area (Å²) in [4.78, 5) is 29.2. The fourth-order valence-electron chi connectivity index (χ4n) is 5.43. The fraction of sp³-hybridized carbons (Fsp3) is 0.548. The number of likely N-dealkylation sites (tertiary alicyclic amines) is 2. The minimum Gasteiger partial charge on any atom is -0.457 e. The van der Waals surface area contributed by atoms with E-state index in [0.29, 0.717) is 23.8 Å². The summed E-state index contributed by atoms with van der Waals surface area (Å²) in [7, 11) is 0. The van der Waals surface area contributed by atoms with Gasteiger partial charge in [-0.2, -0.15) is 0 Å². The largest absolute Gasteiger partial charge is 0.457 e. The van der Waals surface area contributed by atoms with Crippen LogP contribution in [0.1, 0.15) is 63.2 Å². The van der Waals surface area contributed by atoms with Gasteiger partial charge in [-0.05, 0) is 121 Å². The average Bonchev–Trinajstić information content (AvgIpc) is 2.91. The van der Waals surface area contributed by atoms with Crippen molar-refractivity contribution in [3.8, 4) is 11.5 Å². The highest BCUT2D eigenvalue weighted by atomic mass is 16.6. The molecule has 2 saturated heterocycles. The molecule has 0 saturated carbocycles. The van der Waals surface area contributed by atoms with Gasteiger partial charge in [0.2, 0.25) is 0 Å². The molecule has 4 rings (SSSR count). The molecular weight excluding hydrogens is 478 g/mol. The van der Waals surface area contributed by atoms with E-state index in [1.54, 1.807) is 12.1 Å². The number of para-hydroxylation sites is 1. The lowest BCUT2D eigenvalue weighted by atomic mass is 9.79. The van der Waals surface area contributed by atoms with Crippen molar-refractivity contribution in [1.82, 2.24) is 15.1 Å². The molecule has 0 spiro atoms. The molecule has 0 radical (unpaired) electrons. The lowest BCUT2D eigenvalue weighted by molar-refractivity contribution is 0.0135. The van der Waals surface area contributed by atoms with Gasteiger partial charge in [-0.1, -0.05) is 18.2 Å². The Bertz CT molecular complexity index is 1020. The van der Waals surface area contributed by atoms with Crippen LogP contribution in [-0.2, 0) is 4.74 Å². The predicted octanol–water partition coefficient (Wildman–Crippen LogP) is 5.96. The van der Waals surface area contributed by atoms with Crippen LogP contribution in [-0.4, -0.2) is 66.7 Å². The molecule has 206 valence electrons. The highest BCUT2D eigenvalue weighted by Gasteiger charge is 2.32. The van der Waals surface area contributed by atoms with Gasteiger partial charge in [-0.25, -0.2) is 4.79 Å². The molecule has 38 heavy (non-hydrogen) atoms. The SMILES string of the molecule is CC(C)(C)OC(=O)N1CCC(C2CCN(CCCNC(=O)c3ccc(Oc4ccccc4)cc3)CC2)CC1. The van der Waals surface area contributed by atoms with E-state index in [9.17, 15) is 9.59 Å². The van der Waals surface area contributed by atoms with Crippen LogP contribution < -0.4 is 10.1 Å². The van der Waals surface area contributed by atoms with Crippen LogP contribution in [0.3, 0.4) is 0 Å². The molecule has 2 aromatic rings.